The van der Waals surface area contributed by atoms with E-state index in [1.807, 2.05) is 5.38 Å². The van der Waals surface area contributed by atoms with E-state index in [0.29, 0.717) is 20.8 Å². The van der Waals surface area contributed by atoms with Gasteiger partial charge in [0, 0.05) is 15.8 Å². The fourth-order valence-corrected chi connectivity index (χ4v) is 4.40. The van der Waals surface area contributed by atoms with Gasteiger partial charge in [-0.3, -0.25) is 4.79 Å². The number of carbonyl (C=O) groups excluding carboxylic acids is 1. The molecule has 1 amide bonds. The second kappa shape index (κ2) is 7.62. The van der Waals surface area contributed by atoms with Gasteiger partial charge in [-0.25, -0.2) is 4.98 Å². The van der Waals surface area contributed by atoms with Gasteiger partial charge in [0.2, 0.25) is 5.91 Å². The van der Waals surface area contributed by atoms with Crippen LogP contribution in [0.1, 0.15) is 26.5 Å². The lowest BCUT2D eigenvalue weighted by molar-refractivity contribution is -0.113. The molecule has 0 spiro atoms. The molecule has 1 N–H and O–H groups in total. The molecule has 0 aliphatic rings. The van der Waals surface area contributed by atoms with E-state index in [1.54, 1.807) is 0 Å². The molecular weight excluding hydrogens is 395 g/mol. The van der Waals surface area contributed by atoms with Gasteiger partial charge in [0.05, 0.1) is 27.2 Å². The number of amides is 1. The van der Waals surface area contributed by atoms with Crippen molar-refractivity contribution in [1.29, 1.82) is 0 Å². The zero-order valence-electron chi connectivity index (χ0n) is 12.7. The maximum absolute atomic E-state index is 12.1. The number of carbonyl (C=O) groups is 1. The number of benzene rings is 1. The topological polar surface area (TPSA) is 42.0 Å². The molecule has 2 aromatic rings. The number of halogens is 3. The third-order valence-electron chi connectivity index (χ3n) is 2.85. The highest BCUT2D eigenvalue weighted by Crippen LogP contribution is 2.34. The van der Waals surface area contributed by atoms with E-state index >= 15 is 0 Å². The van der Waals surface area contributed by atoms with Crippen molar-refractivity contribution in [3.63, 3.8) is 0 Å². The molecule has 0 saturated carbocycles. The summed E-state index contributed by atoms with van der Waals surface area (Å²) in [5.74, 6) is 0.0282. The van der Waals surface area contributed by atoms with E-state index in [4.69, 9.17) is 34.8 Å². The predicted octanol–water partition coefficient (Wildman–Crippen LogP) is 6.13. The molecule has 0 aliphatic carbocycles. The summed E-state index contributed by atoms with van der Waals surface area (Å²) in [4.78, 5) is 16.6. The van der Waals surface area contributed by atoms with Crippen LogP contribution in [0.15, 0.2) is 21.9 Å². The van der Waals surface area contributed by atoms with Gasteiger partial charge in [0.15, 0.2) is 4.34 Å². The number of thioether (sulfide) groups is 1. The molecule has 1 aromatic heterocycles. The summed E-state index contributed by atoms with van der Waals surface area (Å²) >= 11 is 20.9. The average Bonchev–Trinajstić information content (AvgIpc) is 2.89. The zero-order valence-corrected chi connectivity index (χ0v) is 16.6. The molecule has 23 heavy (non-hydrogen) atoms. The first-order chi connectivity index (χ1) is 10.7. The van der Waals surface area contributed by atoms with Crippen LogP contribution in [0.25, 0.3) is 0 Å². The van der Waals surface area contributed by atoms with Crippen molar-refractivity contribution in [2.24, 2.45) is 0 Å². The first-order valence-corrected chi connectivity index (χ1v) is 9.70. The zero-order chi connectivity index (χ0) is 17.2. The van der Waals surface area contributed by atoms with Crippen molar-refractivity contribution in [3.05, 3.63) is 38.3 Å². The number of hydrogen-bond donors (Lipinski definition) is 1. The minimum atomic E-state index is -0.200. The first-order valence-electron chi connectivity index (χ1n) is 6.70. The molecule has 0 aliphatic heterocycles. The Morgan fingerprint density at radius 2 is 1.87 bits per heavy atom. The minimum absolute atomic E-state index is 0.00191. The van der Waals surface area contributed by atoms with Crippen LogP contribution < -0.4 is 5.32 Å². The second-order valence-electron chi connectivity index (χ2n) is 5.83. The molecule has 0 unspecified atom stereocenters. The lowest BCUT2D eigenvalue weighted by Gasteiger charge is -2.14. The van der Waals surface area contributed by atoms with Crippen LogP contribution in [0.2, 0.25) is 15.1 Å². The summed E-state index contributed by atoms with van der Waals surface area (Å²) in [5.41, 5.74) is 1.40. The molecular formula is C15H15Cl3N2OS2. The normalized spacial score (nSPS) is 11.6. The molecule has 2 rings (SSSR count). The van der Waals surface area contributed by atoms with Crippen LogP contribution in [-0.2, 0) is 10.2 Å². The van der Waals surface area contributed by atoms with E-state index < -0.39 is 0 Å². The van der Waals surface area contributed by atoms with Crippen molar-refractivity contribution in [2.75, 3.05) is 11.1 Å². The SMILES string of the molecule is CC(C)(C)c1csc(SCC(=O)Nc2c(Cl)cc(Cl)cc2Cl)n1. The third kappa shape index (κ3) is 5.26. The van der Waals surface area contributed by atoms with Gasteiger partial charge in [-0.15, -0.1) is 11.3 Å². The van der Waals surface area contributed by atoms with Crippen molar-refractivity contribution in [1.82, 2.24) is 4.98 Å². The van der Waals surface area contributed by atoms with Crippen molar-refractivity contribution in [2.45, 2.75) is 30.5 Å². The quantitative estimate of drug-likeness (QED) is 0.617. The summed E-state index contributed by atoms with van der Waals surface area (Å²) < 4.78 is 0.860. The van der Waals surface area contributed by atoms with Gasteiger partial charge in [-0.1, -0.05) is 67.3 Å². The second-order valence-corrected chi connectivity index (χ2v) is 9.16. The number of rotatable bonds is 4. The largest absolute Gasteiger partial charge is 0.323 e. The fourth-order valence-electron chi connectivity index (χ4n) is 1.63. The summed E-state index contributed by atoms with van der Waals surface area (Å²) in [6.07, 6.45) is 0. The van der Waals surface area contributed by atoms with Gasteiger partial charge >= 0.3 is 0 Å². The molecule has 124 valence electrons. The molecule has 0 radical (unpaired) electrons. The van der Waals surface area contributed by atoms with Crippen LogP contribution in [0, 0.1) is 0 Å². The van der Waals surface area contributed by atoms with E-state index in [9.17, 15) is 4.79 Å². The van der Waals surface area contributed by atoms with Crippen molar-refractivity contribution in [3.8, 4) is 0 Å². The summed E-state index contributed by atoms with van der Waals surface area (Å²) in [5, 5.41) is 5.77. The van der Waals surface area contributed by atoms with E-state index in [-0.39, 0.29) is 17.1 Å². The summed E-state index contributed by atoms with van der Waals surface area (Å²) in [6.45, 7) is 6.31. The molecule has 0 atom stereocenters. The van der Waals surface area contributed by atoms with Crippen molar-refractivity contribution < 1.29 is 4.79 Å². The molecule has 0 fully saturated rings. The van der Waals surface area contributed by atoms with Crippen molar-refractivity contribution >= 4 is 69.5 Å². The Morgan fingerprint density at radius 1 is 1.26 bits per heavy atom. The minimum Gasteiger partial charge on any atom is -0.323 e. The Hall–Kier alpha value is -0.460. The van der Waals surface area contributed by atoms with Gasteiger partial charge in [0.1, 0.15) is 0 Å². The number of nitrogens with one attached hydrogen (secondary N) is 1. The monoisotopic (exact) mass is 408 g/mol. The smallest absolute Gasteiger partial charge is 0.234 e. The van der Waals surface area contributed by atoms with Crippen LogP contribution in [0.3, 0.4) is 0 Å². The van der Waals surface area contributed by atoms with E-state index in [1.165, 1.54) is 35.2 Å². The number of thiazole rings is 1. The molecule has 0 saturated heterocycles. The summed E-state index contributed by atoms with van der Waals surface area (Å²) in [7, 11) is 0. The maximum atomic E-state index is 12.1. The Morgan fingerprint density at radius 3 is 2.39 bits per heavy atom. The Bertz CT molecular complexity index is 703. The van der Waals surface area contributed by atoms with Gasteiger partial charge in [0.25, 0.3) is 0 Å². The van der Waals surface area contributed by atoms with E-state index in [2.05, 4.69) is 31.1 Å². The van der Waals surface area contributed by atoms with Crippen LogP contribution in [-0.4, -0.2) is 16.6 Å². The lowest BCUT2D eigenvalue weighted by Crippen LogP contribution is -2.15. The predicted molar refractivity (Wildman–Crippen MR) is 102 cm³/mol. The van der Waals surface area contributed by atoms with Crippen LogP contribution >= 0.6 is 57.9 Å². The number of aromatic nitrogens is 1. The Balaban J connectivity index is 1.97. The molecule has 8 heteroatoms. The number of nitrogens with zero attached hydrogens (tertiary/aromatic N) is 1. The molecule has 1 heterocycles. The highest BCUT2D eigenvalue weighted by atomic mass is 35.5. The van der Waals surface area contributed by atoms with Gasteiger partial charge < -0.3 is 5.32 Å². The third-order valence-corrected chi connectivity index (χ3v) is 5.68. The standard InChI is InChI=1S/C15H15Cl3N2OS2/c1-15(2,3)11-6-22-14(19-11)23-7-12(21)20-13-9(17)4-8(16)5-10(13)18/h4-6H,7H2,1-3H3,(H,20,21). The number of hydrogen-bond acceptors (Lipinski definition) is 4. The fraction of sp³-hybridized carbons (Fsp3) is 0.333. The lowest BCUT2D eigenvalue weighted by atomic mass is 9.93. The van der Waals surface area contributed by atoms with Crippen LogP contribution in [0.5, 0.6) is 0 Å². The van der Waals surface area contributed by atoms with Gasteiger partial charge in [-0.2, -0.15) is 0 Å². The molecule has 0 bridgehead atoms. The summed E-state index contributed by atoms with van der Waals surface area (Å²) in [6, 6.07) is 3.07. The Labute approximate surface area is 158 Å². The first kappa shape index (κ1) is 18.9. The highest BCUT2D eigenvalue weighted by molar-refractivity contribution is 8.01. The number of anilines is 1. The average molecular weight is 410 g/mol. The maximum Gasteiger partial charge on any atom is 0.234 e. The van der Waals surface area contributed by atoms with Crippen LogP contribution in [0.4, 0.5) is 5.69 Å². The molecule has 1 aromatic carbocycles. The molecule has 3 nitrogen and oxygen atoms in total. The van der Waals surface area contributed by atoms with Gasteiger partial charge in [-0.05, 0) is 12.1 Å². The Kier molecular flexibility index (Phi) is 6.25. The highest BCUT2D eigenvalue weighted by Gasteiger charge is 2.18. The van der Waals surface area contributed by atoms with E-state index in [0.717, 1.165) is 10.0 Å².